The summed E-state index contributed by atoms with van der Waals surface area (Å²) in [6.45, 7) is 2.87. The standard InChI is InChI=1S/C36H36O16/c1-15-26(41)29(44)31(46)35(47-15)49-21-13-22(39)25-23(14-21)50-32(18-6-10-20(38)11-7-18)33(28(25)43)52-36-34(30(45)27(42)16(2)48-36)51-24(40)12-5-17-3-8-19(37)9-4-17/h3-16,26-27,29-31,34-39,41-42,44-46H,1-2H3. The highest BCUT2D eigenvalue weighted by atomic mass is 16.7. The van der Waals surface area contributed by atoms with Crippen molar-refractivity contribution >= 4 is 23.0 Å². The van der Waals surface area contributed by atoms with Crippen LogP contribution < -0.4 is 14.9 Å². The van der Waals surface area contributed by atoms with Crippen molar-refractivity contribution < 1.29 is 73.7 Å². The summed E-state index contributed by atoms with van der Waals surface area (Å²) in [5.74, 6) is -2.74. The van der Waals surface area contributed by atoms with Crippen LogP contribution in [0.25, 0.3) is 28.4 Å². The average Bonchev–Trinajstić information content (AvgIpc) is 3.11. The Labute approximate surface area is 294 Å². The monoisotopic (exact) mass is 724 g/mol. The van der Waals surface area contributed by atoms with Gasteiger partial charge in [0.25, 0.3) is 0 Å². The molecule has 16 heteroatoms. The summed E-state index contributed by atoms with van der Waals surface area (Å²) in [7, 11) is 0. The van der Waals surface area contributed by atoms with Crippen LogP contribution in [-0.2, 0) is 19.0 Å². The highest BCUT2D eigenvalue weighted by Gasteiger charge is 2.47. The van der Waals surface area contributed by atoms with E-state index in [-0.39, 0.29) is 34.2 Å². The van der Waals surface area contributed by atoms with E-state index in [9.17, 15) is 50.4 Å². The van der Waals surface area contributed by atoms with Gasteiger partial charge >= 0.3 is 5.97 Å². The molecule has 0 amide bonds. The van der Waals surface area contributed by atoms with Crippen LogP contribution in [0.15, 0.2) is 76.0 Å². The van der Waals surface area contributed by atoms with Gasteiger partial charge in [-0.1, -0.05) is 12.1 Å². The van der Waals surface area contributed by atoms with E-state index in [2.05, 4.69) is 0 Å². The molecule has 2 fully saturated rings. The van der Waals surface area contributed by atoms with Crippen LogP contribution in [0.3, 0.4) is 0 Å². The predicted octanol–water partition coefficient (Wildman–Crippen LogP) is 1.25. The van der Waals surface area contributed by atoms with E-state index < -0.39 is 89.7 Å². The number of aliphatic hydroxyl groups is 5. The summed E-state index contributed by atoms with van der Waals surface area (Å²) in [5.41, 5.74) is -0.483. The molecular weight excluding hydrogens is 688 g/mol. The second kappa shape index (κ2) is 14.8. The Morgan fingerprint density at radius 2 is 1.33 bits per heavy atom. The van der Waals surface area contributed by atoms with Gasteiger partial charge in [0.05, 0.1) is 12.2 Å². The molecule has 276 valence electrons. The van der Waals surface area contributed by atoms with Crippen molar-refractivity contribution in [3.05, 3.63) is 82.5 Å². The summed E-state index contributed by atoms with van der Waals surface area (Å²) in [4.78, 5) is 27.0. The van der Waals surface area contributed by atoms with Gasteiger partial charge in [-0.3, -0.25) is 4.79 Å². The molecule has 16 nitrogen and oxygen atoms in total. The van der Waals surface area contributed by atoms with E-state index in [4.69, 9.17) is 28.1 Å². The number of rotatable bonds is 8. The SMILES string of the molecule is CC1OC(Oc2cc(O)c3c(=O)c(OC4OC(C)C(O)C(O)C4OC(=O)C=Cc4ccc(O)cc4)c(-c4ccc(O)cc4)oc3c2)C(O)C(O)C1O. The zero-order chi connectivity index (χ0) is 37.4. The van der Waals surface area contributed by atoms with Crippen molar-refractivity contribution in [1.29, 1.82) is 0 Å². The molecule has 0 radical (unpaired) electrons. The lowest BCUT2D eigenvalue weighted by Gasteiger charge is -2.40. The fourth-order valence-corrected chi connectivity index (χ4v) is 5.74. The van der Waals surface area contributed by atoms with Crippen LogP contribution in [0, 0.1) is 0 Å². The van der Waals surface area contributed by atoms with Crippen molar-refractivity contribution in [3.8, 4) is 40.1 Å². The minimum absolute atomic E-state index is 0.0167. The molecule has 3 aromatic carbocycles. The average molecular weight is 725 g/mol. The Morgan fingerprint density at radius 3 is 1.98 bits per heavy atom. The minimum atomic E-state index is -1.75. The number of aliphatic hydroxyl groups excluding tert-OH is 5. The number of fused-ring (bicyclic) bond motifs is 1. The molecule has 1 aromatic heterocycles. The Kier molecular flexibility index (Phi) is 10.4. The number of esters is 1. The van der Waals surface area contributed by atoms with Gasteiger partial charge in [0.2, 0.25) is 23.8 Å². The van der Waals surface area contributed by atoms with E-state index in [0.717, 1.165) is 12.1 Å². The number of ether oxygens (including phenoxy) is 5. The van der Waals surface area contributed by atoms with E-state index in [1.807, 2.05) is 0 Å². The molecular formula is C36H36O16. The topological polar surface area (TPSA) is 255 Å². The fourth-order valence-electron chi connectivity index (χ4n) is 5.74. The lowest BCUT2D eigenvalue weighted by Crippen LogP contribution is -2.59. The number of carbonyl (C=O) groups is 1. The Bertz CT molecular complexity index is 1990. The summed E-state index contributed by atoms with van der Waals surface area (Å²) < 4.78 is 34.4. The molecule has 8 N–H and O–H groups in total. The third kappa shape index (κ3) is 7.40. The molecule has 2 saturated heterocycles. The van der Waals surface area contributed by atoms with Crippen molar-refractivity contribution in [2.45, 2.75) is 75.3 Å². The molecule has 0 aliphatic carbocycles. The highest BCUT2D eigenvalue weighted by Crippen LogP contribution is 2.39. The number of benzene rings is 3. The maximum atomic E-state index is 14.1. The van der Waals surface area contributed by atoms with E-state index in [1.165, 1.54) is 74.5 Å². The van der Waals surface area contributed by atoms with Gasteiger partial charge in [-0.05, 0) is 61.9 Å². The van der Waals surface area contributed by atoms with Gasteiger partial charge in [0.1, 0.15) is 64.5 Å². The number of hydrogen-bond acceptors (Lipinski definition) is 16. The van der Waals surface area contributed by atoms with Crippen molar-refractivity contribution in [2.75, 3.05) is 0 Å². The number of phenols is 3. The molecule has 10 atom stereocenters. The molecule has 0 spiro atoms. The van der Waals surface area contributed by atoms with Crippen molar-refractivity contribution in [3.63, 3.8) is 0 Å². The van der Waals surface area contributed by atoms with Crippen molar-refractivity contribution in [1.82, 2.24) is 0 Å². The summed E-state index contributed by atoms with van der Waals surface area (Å²) >= 11 is 0. The second-order valence-corrected chi connectivity index (χ2v) is 12.4. The van der Waals surface area contributed by atoms with Crippen LogP contribution >= 0.6 is 0 Å². The van der Waals surface area contributed by atoms with Crippen LogP contribution in [0.4, 0.5) is 0 Å². The van der Waals surface area contributed by atoms with E-state index >= 15 is 0 Å². The van der Waals surface area contributed by atoms with Gasteiger partial charge in [-0.15, -0.1) is 0 Å². The van der Waals surface area contributed by atoms with Crippen molar-refractivity contribution in [2.24, 2.45) is 0 Å². The zero-order valence-corrected chi connectivity index (χ0v) is 27.5. The minimum Gasteiger partial charge on any atom is -0.508 e. The summed E-state index contributed by atoms with van der Waals surface area (Å²) in [6, 6.07) is 13.5. The first-order chi connectivity index (χ1) is 24.7. The molecule has 6 rings (SSSR count). The molecule has 2 aliphatic heterocycles. The van der Waals surface area contributed by atoms with E-state index in [0.29, 0.717) is 5.56 Å². The third-order valence-corrected chi connectivity index (χ3v) is 8.67. The van der Waals surface area contributed by atoms with E-state index in [1.54, 1.807) is 0 Å². The van der Waals surface area contributed by atoms with Gasteiger partial charge in [-0.2, -0.15) is 0 Å². The maximum absolute atomic E-state index is 14.1. The molecule has 0 bridgehead atoms. The first-order valence-electron chi connectivity index (χ1n) is 16.1. The molecule has 3 heterocycles. The first-order valence-corrected chi connectivity index (χ1v) is 16.1. The van der Waals surface area contributed by atoms with Gasteiger partial charge in [-0.25, -0.2) is 4.79 Å². The Morgan fingerprint density at radius 1 is 0.731 bits per heavy atom. The first kappa shape index (κ1) is 36.6. The lowest BCUT2D eigenvalue weighted by molar-refractivity contribution is -0.272. The number of aromatic hydroxyl groups is 3. The maximum Gasteiger partial charge on any atom is 0.331 e. The summed E-state index contributed by atoms with van der Waals surface area (Å²) in [6.07, 6.45) is -12.5. The van der Waals surface area contributed by atoms with Crippen LogP contribution in [0.1, 0.15) is 19.4 Å². The van der Waals surface area contributed by atoms with Gasteiger partial charge in [0, 0.05) is 23.8 Å². The molecule has 52 heavy (non-hydrogen) atoms. The third-order valence-electron chi connectivity index (χ3n) is 8.67. The van der Waals surface area contributed by atoms with Crippen LogP contribution in [0.5, 0.6) is 28.7 Å². The number of hydrogen-bond donors (Lipinski definition) is 8. The smallest absolute Gasteiger partial charge is 0.331 e. The van der Waals surface area contributed by atoms with Crippen LogP contribution in [0.2, 0.25) is 0 Å². The van der Waals surface area contributed by atoms with Gasteiger partial charge < -0.3 is 69.0 Å². The predicted molar refractivity (Wildman–Crippen MR) is 178 cm³/mol. The Balaban J connectivity index is 1.37. The number of carbonyl (C=O) groups excluding carboxylic acids is 1. The largest absolute Gasteiger partial charge is 0.508 e. The highest BCUT2D eigenvalue weighted by molar-refractivity contribution is 5.89. The fraction of sp³-hybridized carbons (Fsp3) is 0.333. The number of phenolic OH excluding ortho intramolecular Hbond substituents is 3. The zero-order valence-electron chi connectivity index (χ0n) is 27.5. The quantitative estimate of drug-likeness (QED) is 0.0940. The lowest BCUT2D eigenvalue weighted by atomic mass is 9.99. The molecule has 10 unspecified atom stereocenters. The Hall–Kier alpha value is -5.20. The molecule has 4 aromatic rings. The second-order valence-electron chi connectivity index (χ2n) is 12.4. The van der Waals surface area contributed by atoms with Gasteiger partial charge in [0.15, 0.2) is 11.9 Å². The molecule has 2 aliphatic rings. The summed E-state index contributed by atoms with van der Waals surface area (Å²) in [5, 5.41) is 82.2. The van der Waals surface area contributed by atoms with Crippen LogP contribution in [-0.4, -0.2) is 108 Å². The molecule has 0 saturated carbocycles. The normalized spacial score (nSPS) is 29.2.